The van der Waals surface area contributed by atoms with Crippen LogP contribution in [0.15, 0.2) is 42.7 Å². The SMILES string of the molecule is Cc1cc(NCC(O)c2cnn(C)c2)nc(-c2ccc([N+](=O)[O-])cc2)n1. The Morgan fingerprint density at radius 2 is 2.04 bits per heavy atom. The molecule has 3 aromatic rings. The Balaban J connectivity index is 1.76. The largest absolute Gasteiger partial charge is 0.386 e. The van der Waals surface area contributed by atoms with E-state index in [1.54, 1.807) is 42.3 Å². The van der Waals surface area contributed by atoms with Crippen molar-refractivity contribution in [2.45, 2.75) is 13.0 Å². The van der Waals surface area contributed by atoms with Gasteiger partial charge in [0.1, 0.15) is 5.82 Å². The summed E-state index contributed by atoms with van der Waals surface area (Å²) in [6, 6.07) is 7.83. The lowest BCUT2D eigenvalue weighted by Gasteiger charge is -2.12. The van der Waals surface area contributed by atoms with E-state index in [9.17, 15) is 15.2 Å². The number of nitrogens with one attached hydrogen (secondary N) is 1. The molecule has 0 aliphatic rings. The van der Waals surface area contributed by atoms with Crippen molar-refractivity contribution in [2.75, 3.05) is 11.9 Å². The molecule has 0 radical (unpaired) electrons. The van der Waals surface area contributed by atoms with E-state index in [2.05, 4.69) is 20.4 Å². The van der Waals surface area contributed by atoms with Gasteiger partial charge in [0.05, 0.1) is 17.2 Å². The molecule has 1 aromatic carbocycles. The average Bonchev–Trinajstić information content (AvgIpc) is 3.06. The van der Waals surface area contributed by atoms with Crippen LogP contribution >= 0.6 is 0 Å². The number of aliphatic hydroxyl groups excluding tert-OH is 1. The van der Waals surface area contributed by atoms with Crippen molar-refractivity contribution >= 4 is 11.5 Å². The van der Waals surface area contributed by atoms with Crippen LogP contribution < -0.4 is 5.32 Å². The number of rotatable bonds is 6. The van der Waals surface area contributed by atoms with Crippen molar-refractivity contribution in [1.82, 2.24) is 19.7 Å². The minimum absolute atomic E-state index is 0.0133. The summed E-state index contributed by atoms with van der Waals surface area (Å²) in [5.41, 5.74) is 2.14. The molecular formula is C17H18N6O3. The Morgan fingerprint density at radius 3 is 2.65 bits per heavy atom. The van der Waals surface area contributed by atoms with Gasteiger partial charge < -0.3 is 10.4 Å². The number of nitrogens with zero attached hydrogens (tertiary/aromatic N) is 5. The van der Waals surface area contributed by atoms with E-state index in [1.165, 1.54) is 12.1 Å². The maximum atomic E-state index is 10.8. The molecule has 0 bridgehead atoms. The van der Waals surface area contributed by atoms with Crippen molar-refractivity contribution in [3.05, 3.63) is 64.1 Å². The van der Waals surface area contributed by atoms with Crippen LogP contribution in [0, 0.1) is 17.0 Å². The molecule has 0 aliphatic heterocycles. The Morgan fingerprint density at radius 1 is 1.31 bits per heavy atom. The van der Waals surface area contributed by atoms with Gasteiger partial charge in [0.15, 0.2) is 5.82 Å². The number of hydrogen-bond acceptors (Lipinski definition) is 7. The predicted octanol–water partition coefficient (Wildman–Crippen LogP) is 2.24. The van der Waals surface area contributed by atoms with Crippen LogP contribution in [-0.2, 0) is 7.05 Å². The van der Waals surface area contributed by atoms with E-state index in [1.807, 2.05) is 6.92 Å². The van der Waals surface area contributed by atoms with E-state index in [0.717, 1.165) is 5.69 Å². The number of non-ortho nitro benzene ring substituents is 1. The van der Waals surface area contributed by atoms with Gasteiger partial charge >= 0.3 is 0 Å². The van der Waals surface area contributed by atoms with Gasteiger partial charge in [0.2, 0.25) is 0 Å². The third kappa shape index (κ3) is 4.01. The molecule has 0 saturated heterocycles. The van der Waals surface area contributed by atoms with Gasteiger partial charge in [-0.2, -0.15) is 5.10 Å². The van der Waals surface area contributed by atoms with Crippen LogP contribution in [0.4, 0.5) is 11.5 Å². The first-order chi connectivity index (χ1) is 12.4. The van der Waals surface area contributed by atoms with E-state index in [4.69, 9.17) is 0 Å². The summed E-state index contributed by atoms with van der Waals surface area (Å²) < 4.78 is 1.63. The molecule has 2 aromatic heterocycles. The van der Waals surface area contributed by atoms with Crippen LogP contribution in [-0.4, -0.2) is 36.3 Å². The van der Waals surface area contributed by atoms with Crippen molar-refractivity contribution in [2.24, 2.45) is 7.05 Å². The molecule has 9 heteroatoms. The molecule has 2 heterocycles. The van der Waals surface area contributed by atoms with Gasteiger partial charge in [0.25, 0.3) is 5.69 Å². The van der Waals surface area contributed by atoms with E-state index in [0.29, 0.717) is 22.8 Å². The maximum Gasteiger partial charge on any atom is 0.269 e. The number of aromatic nitrogens is 4. The van der Waals surface area contributed by atoms with Crippen molar-refractivity contribution < 1.29 is 10.0 Å². The topological polar surface area (TPSA) is 119 Å². The lowest BCUT2D eigenvalue weighted by Crippen LogP contribution is -2.13. The summed E-state index contributed by atoms with van der Waals surface area (Å²) in [5.74, 6) is 1.02. The second-order valence-corrected chi connectivity index (χ2v) is 5.87. The normalized spacial score (nSPS) is 12.0. The Bertz CT molecular complexity index is 923. The molecule has 0 saturated carbocycles. The summed E-state index contributed by atoms with van der Waals surface area (Å²) in [6.07, 6.45) is 2.64. The Labute approximate surface area is 149 Å². The fourth-order valence-electron chi connectivity index (χ4n) is 2.45. The van der Waals surface area contributed by atoms with Crippen LogP contribution in [0.5, 0.6) is 0 Å². The quantitative estimate of drug-likeness (QED) is 0.514. The monoisotopic (exact) mass is 354 g/mol. The average molecular weight is 354 g/mol. The number of nitro benzene ring substituents is 1. The molecule has 26 heavy (non-hydrogen) atoms. The lowest BCUT2D eigenvalue weighted by atomic mass is 10.2. The Kier molecular flexibility index (Phi) is 4.90. The first kappa shape index (κ1) is 17.5. The number of nitro groups is 1. The molecule has 0 aliphatic carbocycles. The van der Waals surface area contributed by atoms with Crippen LogP contribution in [0.2, 0.25) is 0 Å². The fraction of sp³-hybridized carbons (Fsp3) is 0.235. The molecule has 9 nitrogen and oxygen atoms in total. The molecule has 134 valence electrons. The summed E-state index contributed by atoms with van der Waals surface area (Å²) in [5, 5.41) is 28.1. The smallest absolute Gasteiger partial charge is 0.269 e. The standard InChI is InChI=1S/C17H18N6O3/c1-11-7-16(18-9-15(24)13-8-19-22(2)10-13)21-17(20-11)12-3-5-14(6-4-12)23(25)26/h3-8,10,15,24H,9H2,1-2H3,(H,18,20,21). The highest BCUT2D eigenvalue weighted by Crippen LogP contribution is 2.21. The Hall–Kier alpha value is -3.33. The summed E-state index contributed by atoms with van der Waals surface area (Å²) >= 11 is 0. The first-order valence-electron chi connectivity index (χ1n) is 7.93. The molecule has 0 amide bonds. The second-order valence-electron chi connectivity index (χ2n) is 5.87. The predicted molar refractivity (Wildman–Crippen MR) is 95.5 cm³/mol. The molecule has 1 unspecified atom stereocenters. The van der Waals surface area contributed by atoms with E-state index in [-0.39, 0.29) is 12.2 Å². The van der Waals surface area contributed by atoms with Gasteiger partial charge in [0, 0.05) is 54.8 Å². The van der Waals surface area contributed by atoms with Gasteiger partial charge in [-0.3, -0.25) is 14.8 Å². The number of hydrogen-bond donors (Lipinski definition) is 2. The molecule has 2 N–H and O–H groups in total. The maximum absolute atomic E-state index is 10.8. The summed E-state index contributed by atoms with van der Waals surface area (Å²) in [4.78, 5) is 19.1. The van der Waals surface area contributed by atoms with Crippen LogP contribution in [0.25, 0.3) is 11.4 Å². The number of benzene rings is 1. The van der Waals surface area contributed by atoms with E-state index < -0.39 is 11.0 Å². The van der Waals surface area contributed by atoms with Gasteiger partial charge in [-0.15, -0.1) is 0 Å². The van der Waals surface area contributed by atoms with Crippen molar-refractivity contribution in [3.8, 4) is 11.4 Å². The highest BCUT2D eigenvalue weighted by molar-refractivity contribution is 5.59. The first-order valence-corrected chi connectivity index (χ1v) is 7.93. The summed E-state index contributed by atoms with van der Waals surface area (Å²) in [7, 11) is 1.79. The lowest BCUT2D eigenvalue weighted by molar-refractivity contribution is -0.384. The van der Waals surface area contributed by atoms with Crippen LogP contribution in [0.3, 0.4) is 0 Å². The summed E-state index contributed by atoms with van der Waals surface area (Å²) in [6.45, 7) is 2.10. The van der Waals surface area contributed by atoms with Gasteiger partial charge in [-0.05, 0) is 19.1 Å². The second kappa shape index (κ2) is 7.28. The zero-order valence-corrected chi connectivity index (χ0v) is 14.3. The minimum atomic E-state index is -0.721. The molecule has 3 rings (SSSR count). The van der Waals surface area contributed by atoms with Crippen LogP contribution in [0.1, 0.15) is 17.4 Å². The number of aliphatic hydroxyl groups is 1. The minimum Gasteiger partial charge on any atom is -0.386 e. The zero-order chi connectivity index (χ0) is 18.7. The van der Waals surface area contributed by atoms with E-state index >= 15 is 0 Å². The number of aryl methyl sites for hydroxylation is 2. The fourth-order valence-corrected chi connectivity index (χ4v) is 2.45. The van der Waals surface area contributed by atoms with Gasteiger partial charge in [-0.25, -0.2) is 9.97 Å². The molecule has 0 spiro atoms. The van der Waals surface area contributed by atoms with Crippen molar-refractivity contribution in [1.29, 1.82) is 0 Å². The zero-order valence-electron chi connectivity index (χ0n) is 14.3. The molecule has 1 atom stereocenters. The van der Waals surface area contributed by atoms with Gasteiger partial charge in [-0.1, -0.05) is 0 Å². The molecule has 0 fully saturated rings. The highest BCUT2D eigenvalue weighted by atomic mass is 16.6. The highest BCUT2D eigenvalue weighted by Gasteiger charge is 2.12. The molecular weight excluding hydrogens is 336 g/mol. The third-order valence-corrected chi connectivity index (χ3v) is 3.78. The third-order valence-electron chi connectivity index (χ3n) is 3.78. The van der Waals surface area contributed by atoms with Crippen molar-refractivity contribution in [3.63, 3.8) is 0 Å². The number of anilines is 1.